The molecule has 1 unspecified atom stereocenters. The van der Waals surface area contributed by atoms with Gasteiger partial charge in [-0.1, -0.05) is 6.58 Å². The number of ketones is 1. The smallest absolute Gasteiger partial charge is 0.468 e. The molecule has 0 spiro atoms. The van der Waals surface area contributed by atoms with Gasteiger partial charge in [0.15, 0.2) is 0 Å². The summed E-state index contributed by atoms with van der Waals surface area (Å²) in [4.78, 5) is 22.8. The van der Waals surface area contributed by atoms with Crippen molar-refractivity contribution >= 4 is 19.6 Å². The van der Waals surface area contributed by atoms with E-state index in [0.29, 0.717) is 0 Å². The molecule has 0 aromatic rings. The van der Waals surface area contributed by atoms with Gasteiger partial charge in [-0.2, -0.15) is 0 Å². The normalized spacial score (nSPS) is 12.6. The molecule has 0 amide bonds. The molecule has 0 bridgehead atoms. The zero-order valence-electron chi connectivity index (χ0n) is 12.2. The highest BCUT2D eigenvalue weighted by atomic mass is 31.2. The molecular formula is C12H21O7P. The summed E-state index contributed by atoms with van der Waals surface area (Å²) in [6, 6.07) is 0. The van der Waals surface area contributed by atoms with E-state index >= 15 is 0 Å². The Morgan fingerprint density at radius 3 is 2.05 bits per heavy atom. The first-order valence-electron chi connectivity index (χ1n) is 6.14. The third kappa shape index (κ3) is 6.32. The van der Waals surface area contributed by atoms with E-state index in [1.54, 1.807) is 13.8 Å². The molecule has 116 valence electrons. The molecule has 0 saturated heterocycles. The van der Waals surface area contributed by atoms with Gasteiger partial charge in [-0.15, -0.1) is 0 Å². The number of esters is 1. The first kappa shape index (κ1) is 18.8. The fourth-order valence-electron chi connectivity index (χ4n) is 1.36. The molecule has 0 aromatic carbocycles. The molecule has 0 aromatic heterocycles. The van der Waals surface area contributed by atoms with E-state index in [1.165, 1.54) is 14.0 Å². The molecule has 7 nitrogen and oxygen atoms in total. The van der Waals surface area contributed by atoms with Crippen LogP contribution in [0.5, 0.6) is 0 Å². The first-order chi connectivity index (χ1) is 9.29. The minimum atomic E-state index is -3.76. The molecule has 8 heteroatoms. The molecule has 0 heterocycles. The number of hydrogen-bond donors (Lipinski definition) is 0. The quantitative estimate of drug-likeness (QED) is 0.265. The lowest BCUT2D eigenvalue weighted by Gasteiger charge is -2.20. The minimum absolute atomic E-state index is 0.0409. The number of Topliss-reactive ketones (excluding diaryl/α,β-unsaturated/α-hetero) is 1. The van der Waals surface area contributed by atoms with Gasteiger partial charge in [-0.25, -0.2) is 4.57 Å². The number of methoxy groups -OCH3 is 1. The van der Waals surface area contributed by atoms with Crippen LogP contribution in [0, 0.1) is 5.92 Å². The van der Waals surface area contributed by atoms with Crippen molar-refractivity contribution in [1.29, 1.82) is 0 Å². The summed E-state index contributed by atoms with van der Waals surface area (Å²) in [5.74, 6) is -2.20. The van der Waals surface area contributed by atoms with Crippen LogP contribution in [0.3, 0.4) is 0 Å². The second-order valence-corrected chi connectivity index (χ2v) is 5.40. The monoisotopic (exact) mass is 308 g/mol. The van der Waals surface area contributed by atoms with Crippen molar-refractivity contribution in [3.63, 3.8) is 0 Å². The van der Waals surface area contributed by atoms with Gasteiger partial charge in [-0.3, -0.25) is 18.6 Å². The Labute approximate surface area is 118 Å². The number of ether oxygens (including phenoxy) is 1. The van der Waals surface area contributed by atoms with E-state index in [-0.39, 0.29) is 25.4 Å². The zero-order valence-corrected chi connectivity index (χ0v) is 13.1. The van der Waals surface area contributed by atoms with Crippen LogP contribution >= 0.6 is 7.82 Å². The maximum Gasteiger partial charge on any atom is 0.529 e. The first-order valence-corrected chi connectivity index (χ1v) is 7.60. The maximum atomic E-state index is 12.1. The summed E-state index contributed by atoms with van der Waals surface area (Å²) < 4.78 is 31.5. The average molecular weight is 308 g/mol. The van der Waals surface area contributed by atoms with Crippen molar-refractivity contribution in [2.75, 3.05) is 20.3 Å². The SMILES string of the molecule is C=C(CC(C(C)=O)C(=O)OC)OP(=O)(OCC)OCC. The zero-order chi connectivity index (χ0) is 15.8. The van der Waals surface area contributed by atoms with Gasteiger partial charge in [0.05, 0.1) is 20.3 Å². The molecule has 20 heavy (non-hydrogen) atoms. The summed E-state index contributed by atoms with van der Waals surface area (Å²) in [5.41, 5.74) is 0. The van der Waals surface area contributed by atoms with Crippen molar-refractivity contribution in [2.24, 2.45) is 5.92 Å². The Balaban J connectivity index is 4.77. The van der Waals surface area contributed by atoms with E-state index in [0.717, 1.165) is 0 Å². The van der Waals surface area contributed by atoms with Gasteiger partial charge < -0.3 is 9.26 Å². The Morgan fingerprint density at radius 1 is 1.20 bits per heavy atom. The van der Waals surface area contributed by atoms with Gasteiger partial charge in [0.2, 0.25) is 0 Å². The molecule has 0 radical (unpaired) electrons. The van der Waals surface area contributed by atoms with E-state index in [9.17, 15) is 14.2 Å². The van der Waals surface area contributed by atoms with E-state index in [2.05, 4.69) is 11.3 Å². The topological polar surface area (TPSA) is 88.1 Å². The van der Waals surface area contributed by atoms with Crippen molar-refractivity contribution in [2.45, 2.75) is 27.2 Å². The van der Waals surface area contributed by atoms with Crippen LogP contribution in [0.25, 0.3) is 0 Å². The second kappa shape index (κ2) is 8.89. The van der Waals surface area contributed by atoms with Crippen LogP contribution in [0.15, 0.2) is 12.3 Å². The Bertz CT molecular complexity index is 395. The van der Waals surface area contributed by atoms with Crippen molar-refractivity contribution in [3.8, 4) is 0 Å². The molecule has 0 saturated carbocycles. The highest BCUT2D eigenvalue weighted by Gasteiger charge is 2.31. The fraction of sp³-hybridized carbons (Fsp3) is 0.667. The van der Waals surface area contributed by atoms with Gasteiger partial charge in [-0.05, 0) is 20.8 Å². The van der Waals surface area contributed by atoms with Crippen LogP contribution in [0.1, 0.15) is 27.2 Å². The maximum absolute atomic E-state index is 12.1. The summed E-state index contributed by atoms with van der Waals surface area (Å²) in [6.45, 7) is 8.28. The third-order valence-electron chi connectivity index (χ3n) is 2.22. The fourth-order valence-corrected chi connectivity index (χ4v) is 2.57. The predicted octanol–water partition coefficient (Wildman–Crippen LogP) is 2.47. The summed E-state index contributed by atoms with van der Waals surface area (Å²) in [5, 5.41) is 0. The molecule has 0 N–H and O–H groups in total. The number of carbonyl (C=O) groups is 2. The lowest BCUT2D eigenvalue weighted by Crippen LogP contribution is -2.24. The number of allylic oxidation sites excluding steroid dienone is 1. The summed E-state index contributed by atoms with van der Waals surface area (Å²) in [7, 11) is -2.59. The number of phosphoric ester groups is 1. The summed E-state index contributed by atoms with van der Waals surface area (Å²) >= 11 is 0. The van der Waals surface area contributed by atoms with Crippen LogP contribution in [-0.4, -0.2) is 32.1 Å². The molecule has 0 fully saturated rings. The number of phosphoric acid groups is 1. The molecule has 0 aliphatic heterocycles. The van der Waals surface area contributed by atoms with Gasteiger partial charge in [0.1, 0.15) is 17.5 Å². The van der Waals surface area contributed by atoms with Crippen LogP contribution in [-0.2, 0) is 32.5 Å². The minimum Gasteiger partial charge on any atom is -0.468 e. The van der Waals surface area contributed by atoms with Crippen LogP contribution < -0.4 is 0 Å². The molecule has 0 aliphatic carbocycles. The van der Waals surface area contributed by atoms with Crippen molar-refractivity contribution < 1.29 is 32.5 Å². The number of hydrogen-bond acceptors (Lipinski definition) is 7. The van der Waals surface area contributed by atoms with Crippen molar-refractivity contribution in [3.05, 3.63) is 12.3 Å². The number of rotatable bonds is 10. The third-order valence-corrected chi connectivity index (χ3v) is 3.85. The molecule has 0 aliphatic rings. The largest absolute Gasteiger partial charge is 0.529 e. The highest BCUT2D eigenvalue weighted by Crippen LogP contribution is 2.51. The van der Waals surface area contributed by atoms with Gasteiger partial charge in [0.25, 0.3) is 0 Å². The van der Waals surface area contributed by atoms with Gasteiger partial charge >= 0.3 is 13.8 Å². The lowest BCUT2D eigenvalue weighted by atomic mass is 10.0. The van der Waals surface area contributed by atoms with Crippen LogP contribution in [0.2, 0.25) is 0 Å². The Hall–Kier alpha value is -1.17. The van der Waals surface area contributed by atoms with Crippen LogP contribution in [0.4, 0.5) is 0 Å². The van der Waals surface area contributed by atoms with E-state index in [4.69, 9.17) is 13.6 Å². The summed E-state index contributed by atoms with van der Waals surface area (Å²) in [6.07, 6.45) is -0.147. The second-order valence-electron chi connectivity index (χ2n) is 3.80. The molecule has 0 rings (SSSR count). The predicted molar refractivity (Wildman–Crippen MR) is 71.9 cm³/mol. The number of carbonyl (C=O) groups excluding carboxylic acids is 2. The molecule has 1 atom stereocenters. The highest BCUT2D eigenvalue weighted by molar-refractivity contribution is 7.48. The Morgan fingerprint density at radius 2 is 1.70 bits per heavy atom. The van der Waals surface area contributed by atoms with Crippen molar-refractivity contribution in [1.82, 2.24) is 0 Å². The van der Waals surface area contributed by atoms with Gasteiger partial charge in [0, 0.05) is 6.42 Å². The van der Waals surface area contributed by atoms with E-state index < -0.39 is 25.5 Å². The van der Waals surface area contributed by atoms with E-state index in [1.807, 2.05) is 0 Å². The Kier molecular flexibility index (Phi) is 8.37. The standard InChI is InChI=1S/C12H21O7P/c1-6-17-20(15,18-7-2)19-9(3)8-11(10(4)13)12(14)16-5/h11H,3,6-8H2,1-2,4-5H3. The molecular weight excluding hydrogens is 287 g/mol. The lowest BCUT2D eigenvalue weighted by molar-refractivity contribution is -0.149. The average Bonchev–Trinajstić information content (AvgIpc) is 2.34.